The zero-order valence-corrected chi connectivity index (χ0v) is 18.8. The number of hydrogen-bond acceptors (Lipinski definition) is 6. The van der Waals surface area contributed by atoms with Gasteiger partial charge < -0.3 is 10.6 Å². The number of rotatable bonds is 10. The van der Waals surface area contributed by atoms with Crippen molar-refractivity contribution in [3.63, 3.8) is 0 Å². The Morgan fingerprint density at radius 2 is 2.03 bits per heavy atom. The van der Waals surface area contributed by atoms with E-state index in [-0.39, 0.29) is 5.97 Å². The van der Waals surface area contributed by atoms with Gasteiger partial charge in [-0.05, 0) is 85.1 Å². The molecule has 2 aromatic heterocycles. The van der Waals surface area contributed by atoms with E-state index in [0.717, 1.165) is 79.8 Å². The molecule has 0 aliphatic carbocycles. The highest BCUT2D eigenvalue weighted by molar-refractivity contribution is 5.79. The summed E-state index contributed by atoms with van der Waals surface area (Å²) >= 11 is 0. The lowest BCUT2D eigenvalue weighted by molar-refractivity contribution is -0.874. The van der Waals surface area contributed by atoms with Crippen LogP contribution >= 0.6 is 0 Å². The first-order valence-electron chi connectivity index (χ1n) is 11.6. The first kappa shape index (κ1) is 22.1. The number of nitrogens with one attached hydrogen (secondary N) is 2. The molecule has 0 atom stereocenters. The molecule has 1 aromatic carbocycles. The molecule has 0 saturated heterocycles. The van der Waals surface area contributed by atoms with Crippen LogP contribution in [-0.4, -0.2) is 35.6 Å². The number of aryl methyl sites for hydroxylation is 3. The number of fused-ring (bicyclic) bond motifs is 2. The van der Waals surface area contributed by atoms with E-state index in [0.29, 0.717) is 6.42 Å². The molecule has 0 radical (unpaired) electrons. The maximum absolute atomic E-state index is 12.2. The van der Waals surface area contributed by atoms with Gasteiger partial charge in [-0.3, -0.25) is 4.84 Å². The summed E-state index contributed by atoms with van der Waals surface area (Å²) in [5.41, 5.74) is 4.26. The number of anilines is 1. The van der Waals surface area contributed by atoms with Gasteiger partial charge in [0.05, 0.1) is 11.8 Å². The number of nitrogens with zero attached hydrogens (tertiary/aromatic N) is 3. The molecule has 32 heavy (non-hydrogen) atoms. The highest BCUT2D eigenvalue weighted by atomic mass is 16.7. The normalized spacial score (nSPS) is 12.9. The largest absolute Gasteiger partial charge is 0.370 e. The number of pyridine rings is 1. The molecule has 1 aliphatic rings. The van der Waals surface area contributed by atoms with E-state index in [4.69, 9.17) is 9.82 Å². The van der Waals surface area contributed by atoms with E-state index in [1.54, 1.807) is 6.33 Å². The Labute approximate surface area is 189 Å². The van der Waals surface area contributed by atoms with Gasteiger partial charge in [0, 0.05) is 19.2 Å². The predicted octanol–water partition coefficient (Wildman–Crippen LogP) is 2.93. The minimum atomic E-state index is -0.246. The Morgan fingerprint density at radius 3 is 2.97 bits per heavy atom. The van der Waals surface area contributed by atoms with Gasteiger partial charge in [-0.15, -0.1) is 0 Å². The first-order chi connectivity index (χ1) is 15.7. The summed E-state index contributed by atoms with van der Waals surface area (Å²) < 4.78 is 1.46. The Morgan fingerprint density at radius 1 is 1.16 bits per heavy atom. The zero-order valence-electron chi connectivity index (χ0n) is 18.8. The number of benzene rings is 1. The van der Waals surface area contributed by atoms with Gasteiger partial charge in [-0.1, -0.05) is 18.2 Å². The predicted molar refractivity (Wildman–Crippen MR) is 124 cm³/mol. The fourth-order valence-electron chi connectivity index (χ4n) is 4.01. The molecular formula is C25H32N5O2+. The molecule has 0 fully saturated rings. The minimum Gasteiger partial charge on any atom is -0.370 e. The number of unbranched alkanes of at least 4 members (excludes halogenated alkanes) is 1. The number of para-hydroxylation sites is 1. The summed E-state index contributed by atoms with van der Waals surface area (Å²) in [6, 6.07) is 12.2. The fourth-order valence-corrected chi connectivity index (χ4v) is 4.01. The number of carbonyl (C=O) groups excluding carboxylic acids is 1. The third-order valence-corrected chi connectivity index (χ3v) is 5.85. The van der Waals surface area contributed by atoms with Crippen LogP contribution in [0.25, 0.3) is 10.9 Å². The molecule has 3 heterocycles. The van der Waals surface area contributed by atoms with Gasteiger partial charge in [0.1, 0.15) is 5.82 Å². The molecule has 2 N–H and O–H groups in total. The number of hydrogen-bond donors (Lipinski definition) is 2. The van der Waals surface area contributed by atoms with E-state index in [9.17, 15) is 4.79 Å². The Bertz CT molecular complexity index is 1070. The van der Waals surface area contributed by atoms with Gasteiger partial charge in [0.15, 0.2) is 11.2 Å². The van der Waals surface area contributed by atoms with Crippen molar-refractivity contribution >= 4 is 22.7 Å². The maximum atomic E-state index is 12.2. The monoisotopic (exact) mass is 434 g/mol. The standard InChI is InChI=1S/C25H32N5O2/c1-19-22-10-2-3-11-23(22)28-18-30(19)32-24(31)12-7-16-26-15-5-4-9-21-14-13-20-8-6-17-27-25(20)29-21/h2-3,10-11,13-14,18,26H,4-9,12,15-17H2,1H3,(H,27,29)/q+1. The average molecular weight is 435 g/mol. The topological polar surface area (TPSA) is 80.0 Å². The van der Waals surface area contributed by atoms with E-state index in [1.807, 2.05) is 31.2 Å². The van der Waals surface area contributed by atoms with E-state index in [1.165, 1.54) is 16.7 Å². The van der Waals surface area contributed by atoms with Crippen LogP contribution in [0.15, 0.2) is 42.7 Å². The summed E-state index contributed by atoms with van der Waals surface area (Å²) in [6.45, 7) is 4.70. The van der Waals surface area contributed by atoms with E-state index >= 15 is 0 Å². The third-order valence-electron chi connectivity index (χ3n) is 5.85. The van der Waals surface area contributed by atoms with Crippen LogP contribution in [0.1, 0.15) is 49.1 Å². The fraction of sp³-hybridized carbons (Fsp3) is 0.440. The van der Waals surface area contributed by atoms with Gasteiger partial charge in [-0.2, -0.15) is 0 Å². The minimum absolute atomic E-state index is 0.246. The van der Waals surface area contributed by atoms with Crippen molar-refractivity contribution in [2.75, 3.05) is 25.0 Å². The van der Waals surface area contributed by atoms with Crippen molar-refractivity contribution in [2.45, 2.75) is 51.9 Å². The van der Waals surface area contributed by atoms with Gasteiger partial charge in [-0.25, -0.2) is 9.78 Å². The summed E-state index contributed by atoms with van der Waals surface area (Å²) in [4.78, 5) is 26.7. The highest BCUT2D eigenvalue weighted by Crippen LogP contribution is 2.20. The Hall–Kier alpha value is -3.06. The smallest absolute Gasteiger partial charge is 0.358 e. The van der Waals surface area contributed by atoms with Gasteiger partial charge in [0.2, 0.25) is 0 Å². The molecular weight excluding hydrogens is 402 g/mol. The highest BCUT2D eigenvalue weighted by Gasteiger charge is 2.15. The first-order valence-corrected chi connectivity index (χ1v) is 11.6. The molecule has 4 rings (SSSR count). The maximum Gasteiger partial charge on any atom is 0.358 e. The van der Waals surface area contributed by atoms with E-state index in [2.05, 4.69) is 27.8 Å². The molecule has 1 aliphatic heterocycles. The van der Waals surface area contributed by atoms with E-state index < -0.39 is 0 Å². The summed E-state index contributed by atoms with van der Waals surface area (Å²) in [7, 11) is 0. The second-order valence-corrected chi connectivity index (χ2v) is 8.29. The Kier molecular flexibility index (Phi) is 7.61. The summed E-state index contributed by atoms with van der Waals surface area (Å²) in [6.07, 6.45) is 8.19. The van der Waals surface area contributed by atoms with Crippen molar-refractivity contribution < 1.29 is 14.4 Å². The molecule has 0 unspecified atom stereocenters. The lowest BCUT2D eigenvalue weighted by Crippen LogP contribution is -2.48. The molecule has 0 amide bonds. The van der Waals surface area contributed by atoms with Crippen LogP contribution in [0.2, 0.25) is 0 Å². The lowest BCUT2D eigenvalue weighted by atomic mass is 10.1. The molecule has 7 heteroatoms. The lowest BCUT2D eigenvalue weighted by Gasteiger charge is -2.17. The molecule has 0 spiro atoms. The van der Waals surface area contributed by atoms with Crippen molar-refractivity contribution in [3.8, 4) is 0 Å². The van der Waals surface area contributed by atoms with Crippen molar-refractivity contribution in [2.24, 2.45) is 0 Å². The van der Waals surface area contributed by atoms with Crippen LogP contribution in [-0.2, 0) is 17.6 Å². The third kappa shape index (κ3) is 5.79. The van der Waals surface area contributed by atoms with Crippen LogP contribution < -0.4 is 20.2 Å². The van der Waals surface area contributed by atoms with Crippen LogP contribution in [0.3, 0.4) is 0 Å². The molecule has 3 aromatic rings. The van der Waals surface area contributed by atoms with Crippen molar-refractivity contribution in [1.29, 1.82) is 0 Å². The van der Waals surface area contributed by atoms with Crippen molar-refractivity contribution in [3.05, 3.63) is 59.7 Å². The van der Waals surface area contributed by atoms with Gasteiger partial charge >= 0.3 is 12.3 Å². The summed E-state index contributed by atoms with van der Waals surface area (Å²) in [5, 5.41) is 7.79. The second-order valence-electron chi connectivity index (χ2n) is 8.29. The van der Waals surface area contributed by atoms with Crippen LogP contribution in [0.4, 0.5) is 5.82 Å². The van der Waals surface area contributed by atoms with Crippen molar-refractivity contribution in [1.82, 2.24) is 15.3 Å². The number of carbonyl (C=O) groups is 1. The second kappa shape index (κ2) is 11.0. The number of aromatic nitrogens is 3. The van der Waals surface area contributed by atoms with Crippen LogP contribution in [0.5, 0.6) is 0 Å². The van der Waals surface area contributed by atoms with Gasteiger partial charge in [0.25, 0.3) is 0 Å². The zero-order chi connectivity index (χ0) is 22.2. The molecule has 168 valence electrons. The summed E-state index contributed by atoms with van der Waals surface area (Å²) in [5.74, 6) is 0.829. The van der Waals surface area contributed by atoms with Crippen LogP contribution in [0, 0.1) is 6.92 Å². The quantitative estimate of drug-likeness (QED) is 0.377. The SMILES string of the molecule is Cc1c2ccccc2nc[n+]1OC(=O)CCCNCCCCc1ccc2c(n1)NCCC2. The average Bonchev–Trinajstić information content (AvgIpc) is 2.82. The molecule has 0 saturated carbocycles. The molecule has 7 nitrogen and oxygen atoms in total. The Balaban J connectivity index is 1.09. The molecule has 0 bridgehead atoms.